The third-order valence-corrected chi connectivity index (χ3v) is 7.30. The van der Waals surface area contributed by atoms with Crippen LogP contribution in [0.4, 0.5) is 18.9 Å². The van der Waals surface area contributed by atoms with E-state index in [-0.39, 0.29) is 41.1 Å². The summed E-state index contributed by atoms with van der Waals surface area (Å²) in [6, 6.07) is 24.8. The van der Waals surface area contributed by atoms with Crippen molar-refractivity contribution in [2.75, 3.05) is 19.0 Å². The molecular weight excluding hydrogens is 615 g/mol. The van der Waals surface area contributed by atoms with Gasteiger partial charge in [0.15, 0.2) is 6.29 Å². The average Bonchev–Trinajstić information content (AvgIpc) is 3.04. The van der Waals surface area contributed by atoms with Crippen molar-refractivity contribution in [2.45, 2.75) is 38.4 Å². The topological polar surface area (TPSA) is 128 Å². The largest absolute Gasteiger partial charge is 0.497 e. The SMILES string of the molecule is COc1ccc(CC(=O)Nc2ccc(C(=O)N(Cc3ccc(C(=O)NC(C)c4ccccc4)cc3)CC(O)O)cc2)c(C(F)(F)F)c1. The first-order valence-electron chi connectivity index (χ1n) is 14.6. The monoisotopic (exact) mass is 649 g/mol. The van der Waals surface area contributed by atoms with Gasteiger partial charge in [0.25, 0.3) is 11.8 Å². The second-order valence-corrected chi connectivity index (χ2v) is 10.8. The summed E-state index contributed by atoms with van der Waals surface area (Å²) in [5.41, 5.74) is 1.22. The summed E-state index contributed by atoms with van der Waals surface area (Å²) in [7, 11) is 1.25. The molecule has 0 fully saturated rings. The first-order valence-corrected chi connectivity index (χ1v) is 14.6. The van der Waals surface area contributed by atoms with Gasteiger partial charge in [-0.3, -0.25) is 14.4 Å². The zero-order valence-electron chi connectivity index (χ0n) is 25.6. The average molecular weight is 650 g/mol. The van der Waals surface area contributed by atoms with Crippen molar-refractivity contribution in [3.05, 3.63) is 130 Å². The molecule has 1 unspecified atom stereocenters. The highest BCUT2D eigenvalue weighted by molar-refractivity contribution is 5.96. The molecule has 0 bridgehead atoms. The molecule has 4 rings (SSSR count). The zero-order chi connectivity index (χ0) is 34.1. The van der Waals surface area contributed by atoms with Crippen LogP contribution in [0.15, 0.2) is 97.1 Å². The molecule has 0 aliphatic carbocycles. The van der Waals surface area contributed by atoms with Gasteiger partial charge >= 0.3 is 6.18 Å². The standard InChI is InChI=1S/C35H34F3N3O6/c1-22(24-6-4-3-5-7-24)39-33(45)25-10-8-23(9-11-25)20-41(21-32(43)44)34(46)26-12-15-28(16-13-26)40-31(42)18-27-14-17-29(47-2)19-30(27)35(36,37)38/h3-17,19,22,32,43-44H,18,20-21H2,1-2H3,(H,39,45)(H,40,42). The van der Waals surface area contributed by atoms with Gasteiger partial charge in [-0.25, -0.2) is 0 Å². The Morgan fingerprint density at radius 1 is 0.872 bits per heavy atom. The molecular formula is C35H34F3N3O6. The number of anilines is 1. The third-order valence-electron chi connectivity index (χ3n) is 7.30. The number of nitrogens with zero attached hydrogens (tertiary/aromatic N) is 1. The van der Waals surface area contributed by atoms with Crippen molar-refractivity contribution in [2.24, 2.45) is 0 Å². The number of hydrogen-bond acceptors (Lipinski definition) is 6. The first kappa shape index (κ1) is 34.7. The molecule has 9 nitrogen and oxygen atoms in total. The number of alkyl halides is 3. The van der Waals surface area contributed by atoms with Gasteiger partial charge in [0.1, 0.15) is 5.75 Å². The third kappa shape index (κ3) is 9.65. The quantitative estimate of drug-likeness (QED) is 0.154. The summed E-state index contributed by atoms with van der Waals surface area (Å²) in [5, 5.41) is 24.7. The van der Waals surface area contributed by atoms with Crippen LogP contribution in [0, 0.1) is 0 Å². The van der Waals surface area contributed by atoms with Crippen molar-refractivity contribution in [1.29, 1.82) is 0 Å². The summed E-state index contributed by atoms with van der Waals surface area (Å²) in [5.74, 6) is -1.50. The highest BCUT2D eigenvalue weighted by atomic mass is 19.4. The van der Waals surface area contributed by atoms with Crippen molar-refractivity contribution in [3.8, 4) is 5.75 Å². The minimum atomic E-state index is -4.68. The summed E-state index contributed by atoms with van der Waals surface area (Å²) >= 11 is 0. The van der Waals surface area contributed by atoms with Crippen LogP contribution in [0.25, 0.3) is 0 Å². The van der Waals surface area contributed by atoms with E-state index in [9.17, 15) is 37.8 Å². The number of aliphatic hydroxyl groups excluding tert-OH is 1. The van der Waals surface area contributed by atoms with Crippen molar-refractivity contribution in [1.82, 2.24) is 10.2 Å². The normalized spacial score (nSPS) is 11.9. The van der Waals surface area contributed by atoms with E-state index in [1.54, 1.807) is 24.3 Å². The Morgan fingerprint density at radius 3 is 2.11 bits per heavy atom. The number of carbonyl (C=O) groups is 3. The van der Waals surface area contributed by atoms with Crippen LogP contribution in [0.3, 0.4) is 0 Å². The maximum absolute atomic E-state index is 13.5. The Morgan fingerprint density at radius 2 is 1.51 bits per heavy atom. The molecule has 4 aromatic carbocycles. The molecule has 0 aromatic heterocycles. The maximum atomic E-state index is 13.5. The molecule has 4 aromatic rings. The number of methoxy groups -OCH3 is 1. The summed E-state index contributed by atoms with van der Waals surface area (Å²) in [4.78, 5) is 39.9. The molecule has 0 aliphatic rings. The predicted octanol–water partition coefficient (Wildman–Crippen LogP) is 5.34. The number of hydrogen-bond donors (Lipinski definition) is 4. The van der Waals surface area contributed by atoms with Gasteiger partial charge < -0.3 is 30.5 Å². The molecule has 0 heterocycles. The Kier molecular flexibility index (Phi) is 11.4. The number of benzene rings is 4. The Balaban J connectivity index is 1.39. The molecule has 4 N–H and O–H groups in total. The lowest BCUT2D eigenvalue weighted by molar-refractivity contribution is -0.138. The van der Waals surface area contributed by atoms with Crippen LogP contribution in [0.2, 0.25) is 0 Å². The fraction of sp³-hybridized carbons (Fsp3) is 0.229. The van der Waals surface area contributed by atoms with Gasteiger partial charge in [-0.1, -0.05) is 48.5 Å². The number of ether oxygens (including phenoxy) is 1. The number of carbonyl (C=O) groups excluding carboxylic acids is 3. The lowest BCUT2D eigenvalue weighted by Gasteiger charge is -2.24. The highest BCUT2D eigenvalue weighted by Gasteiger charge is 2.34. The molecule has 0 saturated heterocycles. The van der Waals surface area contributed by atoms with Crippen LogP contribution in [0.1, 0.15) is 55.9 Å². The van der Waals surface area contributed by atoms with Crippen molar-refractivity contribution >= 4 is 23.4 Å². The molecule has 246 valence electrons. The molecule has 47 heavy (non-hydrogen) atoms. The number of aliphatic hydroxyl groups is 2. The molecule has 3 amide bonds. The zero-order valence-corrected chi connectivity index (χ0v) is 25.6. The second kappa shape index (κ2) is 15.4. The van der Waals surface area contributed by atoms with E-state index in [4.69, 9.17) is 4.74 Å². The molecule has 0 radical (unpaired) electrons. The molecule has 0 aliphatic heterocycles. The lowest BCUT2D eigenvalue weighted by atomic mass is 10.0. The van der Waals surface area contributed by atoms with Crippen LogP contribution in [0.5, 0.6) is 5.75 Å². The number of nitrogens with one attached hydrogen (secondary N) is 2. The van der Waals surface area contributed by atoms with Crippen LogP contribution < -0.4 is 15.4 Å². The highest BCUT2D eigenvalue weighted by Crippen LogP contribution is 2.34. The van der Waals surface area contributed by atoms with Gasteiger partial charge in [0, 0.05) is 23.4 Å². The number of halogens is 3. The Bertz CT molecular complexity index is 1680. The Labute approximate surface area is 269 Å². The molecule has 0 saturated carbocycles. The molecule has 1 atom stereocenters. The van der Waals surface area contributed by atoms with Crippen LogP contribution in [-0.2, 0) is 23.9 Å². The number of amides is 3. The minimum absolute atomic E-state index is 0.000653. The van der Waals surface area contributed by atoms with E-state index in [1.807, 2.05) is 37.3 Å². The van der Waals surface area contributed by atoms with Gasteiger partial charge in [0.2, 0.25) is 5.91 Å². The summed E-state index contributed by atoms with van der Waals surface area (Å²) in [6.07, 6.45) is -7.05. The fourth-order valence-corrected chi connectivity index (χ4v) is 4.86. The van der Waals surface area contributed by atoms with Crippen molar-refractivity contribution in [3.63, 3.8) is 0 Å². The predicted molar refractivity (Wildman–Crippen MR) is 169 cm³/mol. The lowest BCUT2D eigenvalue weighted by Crippen LogP contribution is -2.37. The van der Waals surface area contributed by atoms with E-state index >= 15 is 0 Å². The van der Waals surface area contributed by atoms with E-state index in [0.29, 0.717) is 11.1 Å². The molecule has 12 heteroatoms. The van der Waals surface area contributed by atoms with Gasteiger partial charge in [-0.05, 0) is 72.1 Å². The van der Waals surface area contributed by atoms with E-state index in [0.717, 1.165) is 11.6 Å². The maximum Gasteiger partial charge on any atom is 0.416 e. The molecule has 0 spiro atoms. The minimum Gasteiger partial charge on any atom is -0.497 e. The van der Waals surface area contributed by atoms with Gasteiger partial charge in [-0.15, -0.1) is 0 Å². The van der Waals surface area contributed by atoms with Crippen molar-refractivity contribution < 1.29 is 42.5 Å². The van der Waals surface area contributed by atoms with E-state index in [2.05, 4.69) is 10.6 Å². The van der Waals surface area contributed by atoms with Gasteiger partial charge in [-0.2, -0.15) is 13.2 Å². The second-order valence-electron chi connectivity index (χ2n) is 10.8. The van der Waals surface area contributed by atoms with Gasteiger partial charge in [0.05, 0.1) is 31.7 Å². The van der Waals surface area contributed by atoms with Crippen LogP contribution >= 0.6 is 0 Å². The summed E-state index contributed by atoms with van der Waals surface area (Å²) < 4.78 is 45.4. The fourth-order valence-electron chi connectivity index (χ4n) is 4.86. The smallest absolute Gasteiger partial charge is 0.416 e. The Hall–Kier alpha value is -5.20. The van der Waals surface area contributed by atoms with E-state index < -0.39 is 42.8 Å². The first-order chi connectivity index (χ1) is 22.3. The number of rotatable bonds is 12. The van der Waals surface area contributed by atoms with E-state index in [1.165, 1.54) is 48.4 Å². The van der Waals surface area contributed by atoms with Crippen LogP contribution in [-0.4, -0.2) is 52.8 Å². The summed E-state index contributed by atoms with van der Waals surface area (Å²) in [6.45, 7) is 1.47.